The van der Waals surface area contributed by atoms with Gasteiger partial charge in [0.25, 0.3) is 0 Å². The fourth-order valence-corrected chi connectivity index (χ4v) is 1.93. The lowest BCUT2D eigenvalue weighted by Crippen LogP contribution is -3.00. The molecule has 0 atom stereocenters. The Morgan fingerprint density at radius 2 is 1.56 bits per heavy atom. The van der Waals surface area contributed by atoms with Gasteiger partial charge in [-0.1, -0.05) is 0 Å². The van der Waals surface area contributed by atoms with Gasteiger partial charge in [0.1, 0.15) is 5.75 Å². The summed E-state index contributed by atoms with van der Waals surface area (Å²) in [7, 11) is 4.54. The Morgan fingerprint density at radius 3 is 2.06 bits per heavy atom. The molecule has 1 aliphatic rings. The van der Waals surface area contributed by atoms with E-state index in [0.717, 1.165) is 17.6 Å². The maximum Gasteiger partial charge on any atom is 0.115 e. The van der Waals surface area contributed by atoms with Crippen LogP contribution < -0.4 is 28.9 Å². The van der Waals surface area contributed by atoms with E-state index in [1.54, 1.807) is 12.1 Å². The molecule has 2 rings (SSSR count). The molecule has 1 aromatic carbocycles. The zero-order valence-electron chi connectivity index (χ0n) is 9.86. The molecule has 90 valence electrons. The van der Waals surface area contributed by atoms with Crippen molar-refractivity contribution < 1.29 is 33.6 Å². The molecule has 0 saturated carbocycles. The molecule has 1 N–H and O–H groups in total. The van der Waals surface area contributed by atoms with Crippen LogP contribution in [-0.2, 0) is 0 Å². The van der Waals surface area contributed by atoms with Crippen molar-refractivity contribution in [3.05, 3.63) is 24.3 Å². The van der Waals surface area contributed by atoms with Gasteiger partial charge in [0.15, 0.2) is 0 Å². The maximum atomic E-state index is 9.22. The molecule has 16 heavy (non-hydrogen) atoms. The second-order valence-electron chi connectivity index (χ2n) is 4.89. The maximum absolute atomic E-state index is 9.22. The van der Waals surface area contributed by atoms with Crippen molar-refractivity contribution in [3.63, 3.8) is 0 Å². The molecule has 1 aliphatic heterocycles. The van der Waals surface area contributed by atoms with E-state index in [0.29, 0.717) is 5.75 Å². The van der Waals surface area contributed by atoms with Crippen molar-refractivity contribution >= 4 is 5.69 Å². The second-order valence-corrected chi connectivity index (χ2v) is 4.89. The highest BCUT2D eigenvalue weighted by molar-refractivity contribution is 5.48. The normalized spacial score (nSPS) is 19.0. The van der Waals surface area contributed by atoms with Gasteiger partial charge in [-0.3, -0.25) is 0 Å². The molecule has 0 unspecified atom stereocenters. The quantitative estimate of drug-likeness (QED) is 0.489. The zero-order chi connectivity index (χ0) is 10.9. The first kappa shape index (κ1) is 13.6. The van der Waals surface area contributed by atoms with E-state index in [2.05, 4.69) is 19.0 Å². The third kappa shape index (κ3) is 3.25. The Hall–Kier alpha value is -0.490. The number of rotatable bonds is 1. The van der Waals surface area contributed by atoms with Gasteiger partial charge in [-0.2, -0.15) is 0 Å². The Kier molecular flexibility index (Phi) is 4.43. The van der Waals surface area contributed by atoms with E-state index in [1.807, 2.05) is 12.1 Å². The minimum atomic E-state index is 0. The number of phenols is 1. The average molecular weight is 334 g/mol. The monoisotopic (exact) mass is 334 g/mol. The summed E-state index contributed by atoms with van der Waals surface area (Å²) in [5.41, 5.74) is 1.22. The largest absolute Gasteiger partial charge is 1.00 e. The molecule has 1 saturated heterocycles. The lowest BCUT2D eigenvalue weighted by Gasteiger charge is -2.40. The molecule has 0 aromatic heterocycles. The van der Waals surface area contributed by atoms with Gasteiger partial charge in [0, 0.05) is 5.69 Å². The number of halogens is 1. The molecular weight excluding hydrogens is 315 g/mol. The standard InChI is InChI=1S/C12H18N2O.HI/c1-14(2)9-7-13(8-10-14)11-3-5-12(15)6-4-11;/h3-6H,7-10H2,1-2H3;1H. The molecule has 4 heteroatoms. The average Bonchev–Trinajstić information content (AvgIpc) is 2.20. The Labute approximate surface area is 114 Å². The minimum absolute atomic E-state index is 0. The van der Waals surface area contributed by atoms with Crippen LogP contribution in [-0.4, -0.2) is 49.9 Å². The third-order valence-electron chi connectivity index (χ3n) is 3.17. The number of piperazine rings is 1. The van der Waals surface area contributed by atoms with E-state index in [4.69, 9.17) is 0 Å². The lowest BCUT2D eigenvalue weighted by molar-refractivity contribution is -0.890. The van der Waals surface area contributed by atoms with Gasteiger partial charge >= 0.3 is 0 Å². The number of hydrogen-bond acceptors (Lipinski definition) is 2. The predicted molar refractivity (Wildman–Crippen MR) is 62.2 cm³/mol. The topological polar surface area (TPSA) is 23.5 Å². The number of phenolic OH excluding ortho intramolecular Hbond substituents is 1. The zero-order valence-corrected chi connectivity index (χ0v) is 12.0. The van der Waals surface area contributed by atoms with Crippen LogP contribution in [0.5, 0.6) is 5.75 Å². The van der Waals surface area contributed by atoms with Crippen LogP contribution in [0, 0.1) is 0 Å². The summed E-state index contributed by atoms with van der Waals surface area (Å²) in [5.74, 6) is 0.340. The fraction of sp³-hybridized carbons (Fsp3) is 0.500. The first-order chi connectivity index (χ1) is 7.07. The molecule has 0 radical (unpaired) electrons. The number of nitrogens with zero attached hydrogens (tertiary/aromatic N) is 2. The van der Waals surface area contributed by atoms with Crippen LogP contribution in [0.2, 0.25) is 0 Å². The van der Waals surface area contributed by atoms with Crippen LogP contribution in [0.15, 0.2) is 24.3 Å². The molecule has 1 fully saturated rings. The number of aromatic hydroxyl groups is 1. The molecule has 0 aliphatic carbocycles. The SMILES string of the molecule is C[N+]1(C)CCN(c2ccc(O)cc2)CC1.[I-]. The van der Waals surface area contributed by atoms with Crippen molar-refractivity contribution in [3.8, 4) is 5.75 Å². The molecule has 0 amide bonds. The van der Waals surface area contributed by atoms with E-state index >= 15 is 0 Å². The highest BCUT2D eigenvalue weighted by Gasteiger charge is 2.24. The van der Waals surface area contributed by atoms with E-state index in [-0.39, 0.29) is 24.0 Å². The van der Waals surface area contributed by atoms with Crippen LogP contribution in [0.4, 0.5) is 5.69 Å². The summed E-state index contributed by atoms with van der Waals surface area (Å²) in [6, 6.07) is 7.48. The van der Waals surface area contributed by atoms with E-state index in [1.165, 1.54) is 18.8 Å². The number of anilines is 1. The summed E-state index contributed by atoms with van der Waals surface area (Å²) >= 11 is 0. The van der Waals surface area contributed by atoms with Gasteiger partial charge in [-0.25, -0.2) is 0 Å². The van der Waals surface area contributed by atoms with Crippen LogP contribution in [0.25, 0.3) is 0 Å². The van der Waals surface area contributed by atoms with Gasteiger partial charge in [0.05, 0.1) is 40.3 Å². The molecule has 0 spiro atoms. The summed E-state index contributed by atoms with van der Waals surface area (Å²) in [4.78, 5) is 2.38. The Bertz CT molecular complexity index is 327. The molecule has 0 bridgehead atoms. The van der Waals surface area contributed by atoms with Crippen molar-refractivity contribution in [2.45, 2.75) is 0 Å². The fourth-order valence-electron chi connectivity index (χ4n) is 1.93. The first-order valence-electron chi connectivity index (χ1n) is 5.43. The van der Waals surface area contributed by atoms with Crippen molar-refractivity contribution in [1.82, 2.24) is 0 Å². The second kappa shape index (κ2) is 5.23. The molecule has 3 nitrogen and oxygen atoms in total. The number of likely N-dealkylation sites (N-methyl/N-ethyl adjacent to an activating group) is 1. The van der Waals surface area contributed by atoms with Gasteiger partial charge < -0.3 is 38.5 Å². The minimum Gasteiger partial charge on any atom is -1.00 e. The summed E-state index contributed by atoms with van der Waals surface area (Å²) in [6.45, 7) is 4.55. The van der Waals surface area contributed by atoms with Crippen molar-refractivity contribution in [1.29, 1.82) is 0 Å². The lowest BCUT2D eigenvalue weighted by atomic mass is 10.2. The Balaban J connectivity index is 0.00000128. The van der Waals surface area contributed by atoms with Gasteiger partial charge in [-0.15, -0.1) is 0 Å². The van der Waals surface area contributed by atoms with Crippen LogP contribution in [0.3, 0.4) is 0 Å². The van der Waals surface area contributed by atoms with E-state index < -0.39 is 0 Å². The van der Waals surface area contributed by atoms with Gasteiger partial charge in [-0.05, 0) is 24.3 Å². The molecular formula is C12H19IN2O. The van der Waals surface area contributed by atoms with Crippen molar-refractivity contribution in [2.75, 3.05) is 45.2 Å². The highest BCUT2D eigenvalue weighted by Crippen LogP contribution is 2.20. The van der Waals surface area contributed by atoms with Crippen LogP contribution in [0.1, 0.15) is 0 Å². The van der Waals surface area contributed by atoms with Crippen molar-refractivity contribution in [2.24, 2.45) is 0 Å². The Morgan fingerprint density at radius 1 is 1.06 bits per heavy atom. The highest BCUT2D eigenvalue weighted by atomic mass is 127. The number of benzene rings is 1. The summed E-state index contributed by atoms with van der Waals surface area (Å²) in [5, 5.41) is 9.22. The molecule has 1 aromatic rings. The number of hydrogen-bond donors (Lipinski definition) is 1. The smallest absolute Gasteiger partial charge is 0.115 e. The van der Waals surface area contributed by atoms with E-state index in [9.17, 15) is 5.11 Å². The molecule has 1 heterocycles. The van der Waals surface area contributed by atoms with Crippen LogP contribution >= 0.6 is 0 Å². The third-order valence-corrected chi connectivity index (χ3v) is 3.17. The first-order valence-corrected chi connectivity index (χ1v) is 5.43. The number of quaternary nitrogens is 1. The predicted octanol–water partition coefficient (Wildman–Crippen LogP) is -1.71. The summed E-state index contributed by atoms with van der Waals surface area (Å²) in [6.07, 6.45) is 0. The van der Waals surface area contributed by atoms with Gasteiger partial charge in [0.2, 0.25) is 0 Å². The summed E-state index contributed by atoms with van der Waals surface area (Å²) < 4.78 is 1.11.